The second-order valence-electron chi connectivity index (χ2n) is 1.51. The molecule has 1 N–H and O–H groups in total. The molecule has 0 fully saturated rings. The molecule has 0 aromatic carbocycles. The summed E-state index contributed by atoms with van der Waals surface area (Å²) >= 11 is 0. The molecule has 0 aromatic rings. The molecule has 0 spiro atoms. The molecule has 62 valence electrons. The minimum absolute atomic E-state index is 0.132. The van der Waals surface area contributed by atoms with E-state index in [4.69, 9.17) is 15.1 Å². The largest absolute Gasteiger partial charge is 0.286 e. The molecule has 0 radical (unpaired) electrons. The van der Waals surface area contributed by atoms with E-state index in [1.807, 2.05) is 0 Å². The number of rotatable bonds is 2. The Labute approximate surface area is 65.6 Å². The van der Waals surface area contributed by atoms with Gasteiger partial charge in [0.2, 0.25) is 0 Å². The first-order valence-electron chi connectivity index (χ1n) is 2.71. The minimum Gasteiger partial charge on any atom is -0.286 e. The maximum absolute atomic E-state index is 9.79. The number of nitrogens with zero attached hydrogens (tertiary/aromatic N) is 2. The first-order valence-corrected chi connectivity index (χ1v) is 4.32. The van der Waals surface area contributed by atoms with Gasteiger partial charge in [0.25, 0.3) is 10.1 Å². The van der Waals surface area contributed by atoms with E-state index < -0.39 is 10.1 Å². The van der Waals surface area contributed by atoms with Crippen LogP contribution in [0.2, 0.25) is 0 Å². The van der Waals surface area contributed by atoms with Crippen LogP contribution in [0, 0.1) is 22.7 Å². The molecule has 0 aliphatic rings. The van der Waals surface area contributed by atoms with Crippen molar-refractivity contribution < 1.29 is 13.0 Å². The van der Waals surface area contributed by atoms with Crippen LogP contribution in [0.15, 0.2) is 0 Å². The molecule has 0 aromatic heterocycles. The third kappa shape index (κ3) is 27.9. The van der Waals surface area contributed by atoms with Crippen molar-refractivity contribution in [1.82, 2.24) is 0 Å². The van der Waals surface area contributed by atoms with Crippen molar-refractivity contribution in [1.29, 1.82) is 10.5 Å². The molecule has 0 saturated heterocycles. The molecular weight excluding hydrogens is 168 g/mol. The summed E-state index contributed by atoms with van der Waals surface area (Å²) in [5.74, 6) is -0.132. The fourth-order valence-electron chi connectivity index (χ4n) is 0.258. The van der Waals surface area contributed by atoms with Crippen molar-refractivity contribution >= 4 is 10.1 Å². The van der Waals surface area contributed by atoms with Gasteiger partial charge in [-0.25, -0.2) is 0 Å². The molecule has 0 aliphatic carbocycles. The third-order valence-electron chi connectivity index (χ3n) is 0.512. The second-order valence-corrected chi connectivity index (χ2v) is 3.08. The van der Waals surface area contributed by atoms with Crippen LogP contribution in [0.5, 0.6) is 0 Å². The summed E-state index contributed by atoms with van der Waals surface area (Å²) in [4.78, 5) is 0. The Hall–Kier alpha value is -1.11. The number of hydrogen-bond donors (Lipinski definition) is 1. The highest BCUT2D eigenvalue weighted by molar-refractivity contribution is 7.85. The smallest absolute Gasteiger partial charge is 0.264 e. The van der Waals surface area contributed by atoms with E-state index in [0.717, 1.165) is 0 Å². The number of nitriles is 2. The Morgan fingerprint density at radius 3 is 1.73 bits per heavy atom. The van der Waals surface area contributed by atoms with E-state index in [-0.39, 0.29) is 5.75 Å². The summed E-state index contributed by atoms with van der Waals surface area (Å²) in [6.45, 7) is 1.69. The topological polar surface area (TPSA) is 102 Å². The number of hydrogen-bond acceptors (Lipinski definition) is 4. The first-order chi connectivity index (χ1) is 4.97. The van der Waals surface area contributed by atoms with E-state index in [2.05, 4.69) is 0 Å². The van der Waals surface area contributed by atoms with Crippen LogP contribution in [0.25, 0.3) is 0 Å². The fourth-order valence-corrected chi connectivity index (χ4v) is 0.774. The molecule has 0 rings (SSSR count). The SMILES string of the molecule is CCCS(=O)(=O)O.N#CC#N. The average molecular weight is 176 g/mol. The van der Waals surface area contributed by atoms with Gasteiger partial charge in [0, 0.05) is 0 Å². The zero-order valence-corrected chi connectivity index (χ0v) is 6.80. The molecule has 0 bridgehead atoms. The molecule has 5 nitrogen and oxygen atoms in total. The summed E-state index contributed by atoms with van der Waals surface area (Å²) in [6, 6.07) is 2.47. The van der Waals surface area contributed by atoms with E-state index in [0.29, 0.717) is 6.42 Å². The van der Waals surface area contributed by atoms with E-state index >= 15 is 0 Å². The van der Waals surface area contributed by atoms with Crippen LogP contribution in [-0.4, -0.2) is 18.7 Å². The van der Waals surface area contributed by atoms with Gasteiger partial charge in [0.05, 0.1) is 5.75 Å². The van der Waals surface area contributed by atoms with Gasteiger partial charge in [-0.15, -0.1) is 0 Å². The van der Waals surface area contributed by atoms with Gasteiger partial charge in [-0.3, -0.25) is 4.55 Å². The Balaban J connectivity index is 0. The van der Waals surface area contributed by atoms with Crippen LogP contribution in [0.3, 0.4) is 0 Å². The monoisotopic (exact) mass is 176 g/mol. The Morgan fingerprint density at radius 1 is 1.36 bits per heavy atom. The van der Waals surface area contributed by atoms with Gasteiger partial charge in [-0.1, -0.05) is 6.92 Å². The van der Waals surface area contributed by atoms with Gasteiger partial charge < -0.3 is 0 Å². The predicted octanol–water partition coefficient (Wildman–Crippen LogP) is 0.318. The van der Waals surface area contributed by atoms with Gasteiger partial charge in [0.15, 0.2) is 12.1 Å². The highest BCUT2D eigenvalue weighted by atomic mass is 32.2. The van der Waals surface area contributed by atoms with E-state index in [9.17, 15) is 8.42 Å². The lowest BCUT2D eigenvalue weighted by molar-refractivity contribution is 0.482. The first kappa shape index (κ1) is 12.6. The minimum atomic E-state index is -3.67. The van der Waals surface area contributed by atoms with Gasteiger partial charge in [0.1, 0.15) is 0 Å². The van der Waals surface area contributed by atoms with Crippen molar-refractivity contribution in [2.45, 2.75) is 13.3 Å². The van der Waals surface area contributed by atoms with Crippen molar-refractivity contribution in [3.63, 3.8) is 0 Å². The highest BCUT2D eigenvalue weighted by Gasteiger charge is 1.98. The molecule has 0 amide bonds. The van der Waals surface area contributed by atoms with Crippen LogP contribution in [-0.2, 0) is 10.1 Å². The van der Waals surface area contributed by atoms with Crippen molar-refractivity contribution in [3.8, 4) is 12.1 Å². The van der Waals surface area contributed by atoms with Crippen LogP contribution in [0.1, 0.15) is 13.3 Å². The van der Waals surface area contributed by atoms with Gasteiger partial charge >= 0.3 is 0 Å². The summed E-state index contributed by atoms with van der Waals surface area (Å²) < 4.78 is 27.6. The Kier molecular flexibility index (Phi) is 7.99. The zero-order chi connectivity index (χ0) is 9.33. The molecule has 6 heteroatoms. The summed E-state index contributed by atoms with van der Waals surface area (Å²) in [7, 11) is -3.67. The van der Waals surface area contributed by atoms with Crippen molar-refractivity contribution in [2.24, 2.45) is 0 Å². The lowest BCUT2D eigenvalue weighted by Crippen LogP contribution is -2.01. The van der Waals surface area contributed by atoms with Gasteiger partial charge in [-0.05, 0) is 6.42 Å². The maximum atomic E-state index is 9.79. The van der Waals surface area contributed by atoms with Crippen LogP contribution < -0.4 is 0 Å². The lowest BCUT2D eigenvalue weighted by Gasteiger charge is -1.85. The fraction of sp³-hybridized carbons (Fsp3) is 0.600. The van der Waals surface area contributed by atoms with Crippen molar-refractivity contribution in [2.75, 3.05) is 5.75 Å². The van der Waals surface area contributed by atoms with E-state index in [1.165, 1.54) is 12.1 Å². The molecule has 0 atom stereocenters. The van der Waals surface area contributed by atoms with E-state index in [1.54, 1.807) is 6.92 Å². The molecule has 0 aliphatic heterocycles. The Bertz CT molecular complexity index is 244. The molecule has 0 unspecified atom stereocenters. The highest BCUT2D eigenvalue weighted by Crippen LogP contribution is 1.83. The van der Waals surface area contributed by atoms with Gasteiger partial charge in [-0.2, -0.15) is 18.9 Å². The lowest BCUT2D eigenvalue weighted by atomic mass is 10.6. The molecule has 0 heterocycles. The second kappa shape index (κ2) is 7.00. The molecular formula is C5H8N2O3S. The maximum Gasteiger partial charge on any atom is 0.264 e. The van der Waals surface area contributed by atoms with Crippen LogP contribution >= 0.6 is 0 Å². The summed E-state index contributed by atoms with van der Waals surface area (Å²) in [6.07, 6.45) is 0.471. The van der Waals surface area contributed by atoms with Crippen LogP contribution in [0.4, 0.5) is 0 Å². The summed E-state index contributed by atoms with van der Waals surface area (Å²) in [5.41, 5.74) is 0. The molecule has 11 heavy (non-hydrogen) atoms. The zero-order valence-electron chi connectivity index (χ0n) is 5.98. The molecule has 0 saturated carbocycles. The third-order valence-corrected chi connectivity index (χ3v) is 1.44. The quantitative estimate of drug-likeness (QED) is 0.610. The normalized spacial score (nSPS) is 8.36. The standard InChI is InChI=1S/C3H8O3S.C2N2/c1-2-3-7(4,5)6;3-1-2-4/h2-3H2,1H3,(H,4,5,6);. The predicted molar refractivity (Wildman–Crippen MR) is 37.9 cm³/mol. The average Bonchev–Trinajstić information content (AvgIpc) is 1.86. The summed E-state index contributed by atoms with van der Waals surface area (Å²) in [5, 5.41) is 14.5. The van der Waals surface area contributed by atoms with Crippen molar-refractivity contribution in [3.05, 3.63) is 0 Å². The Morgan fingerprint density at radius 2 is 1.73 bits per heavy atom.